The van der Waals surface area contributed by atoms with E-state index in [2.05, 4.69) is 20.8 Å². The highest BCUT2D eigenvalue weighted by atomic mass is 16.5. The lowest BCUT2D eigenvalue weighted by Gasteiger charge is -2.47. The maximum atomic E-state index is 13.4. The van der Waals surface area contributed by atoms with E-state index in [4.69, 9.17) is 4.74 Å². The number of carboxylic acid groups (broad SMARTS) is 3. The number of carboxylic acids is 3. The second-order valence-electron chi connectivity index (χ2n) is 13.6. The minimum absolute atomic E-state index is 0.0470. The van der Waals surface area contributed by atoms with Gasteiger partial charge in [0.1, 0.15) is 11.2 Å². The third-order valence-corrected chi connectivity index (χ3v) is 9.74. The molecule has 8 heteroatoms. The van der Waals surface area contributed by atoms with Gasteiger partial charge in [0.15, 0.2) is 5.92 Å². The van der Waals surface area contributed by atoms with Crippen molar-refractivity contribution in [1.29, 1.82) is 0 Å². The van der Waals surface area contributed by atoms with Crippen LogP contribution in [-0.2, 0) is 23.9 Å². The molecule has 0 aromatic rings. The molecule has 0 saturated heterocycles. The molecule has 0 rings (SSSR count). The first-order valence-electron chi connectivity index (χ1n) is 18.9. The van der Waals surface area contributed by atoms with Crippen LogP contribution in [0.15, 0.2) is 0 Å². The Morgan fingerprint density at radius 2 is 0.826 bits per heavy atom. The van der Waals surface area contributed by atoms with Gasteiger partial charge < -0.3 is 20.1 Å². The van der Waals surface area contributed by atoms with Crippen molar-refractivity contribution in [2.24, 2.45) is 11.3 Å². The Bertz CT molecular complexity index is 792. The average molecular weight is 655 g/mol. The zero-order valence-electron chi connectivity index (χ0n) is 30.1. The lowest BCUT2D eigenvalue weighted by atomic mass is 9.59. The van der Waals surface area contributed by atoms with E-state index in [1.165, 1.54) is 25.7 Å². The van der Waals surface area contributed by atoms with Gasteiger partial charge in [0.2, 0.25) is 5.60 Å². The molecule has 0 amide bonds. The van der Waals surface area contributed by atoms with Crippen molar-refractivity contribution in [3.63, 3.8) is 0 Å². The van der Waals surface area contributed by atoms with Crippen molar-refractivity contribution >= 4 is 23.7 Å². The highest BCUT2D eigenvalue weighted by Crippen LogP contribution is 2.50. The number of carbonyl (C=O) groups excluding carboxylic acids is 1. The topological polar surface area (TPSA) is 138 Å². The number of hydrogen-bond acceptors (Lipinski definition) is 5. The fourth-order valence-electron chi connectivity index (χ4n) is 6.98. The molecule has 0 aliphatic rings. The summed E-state index contributed by atoms with van der Waals surface area (Å²) in [6.45, 7) is 7.42. The molecule has 0 aliphatic heterocycles. The summed E-state index contributed by atoms with van der Waals surface area (Å²) in [4.78, 5) is 52.4. The van der Waals surface area contributed by atoms with Gasteiger partial charge in [-0.3, -0.25) is 14.4 Å². The Hall–Kier alpha value is -1.96. The van der Waals surface area contributed by atoms with Crippen molar-refractivity contribution in [3.05, 3.63) is 0 Å². The van der Waals surface area contributed by atoms with Crippen LogP contribution in [0, 0.1) is 11.3 Å². The number of Topliss-reactive ketones (excluding diaryl/α,β-unsaturated/α-hetero) is 1. The Morgan fingerprint density at radius 1 is 0.500 bits per heavy atom. The quantitative estimate of drug-likeness (QED) is 0.0460. The first-order valence-corrected chi connectivity index (χ1v) is 18.9. The summed E-state index contributed by atoms with van der Waals surface area (Å²) < 4.78 is 6.11. The number of ketones is 1. The molecule has 0 saturated carbocycles. The fourth-order valence-corrected chi connectivity index (χ4v) is 6.98. The van der Waals surface area contributed by atoms with E-state index in [9.17, 15) is 34.5 Å². The van der Waals surface area contributed by atoms with Crippen LogP contribution in [0.3, 0.4) is 0 Å². The molecule has 0 radical (unpaired) electrons. The minimum Gasteiger partial charge on any atom is -0.481 e. The van der Waals surface area contributed by atoms with Crippen molar-refractivity contribution in [2.75, 3.05) is 6.61 Å². The van der Waals surface area contributed by atoms with Crippen molar-refractivity contribution in [2.45, 2.75) is 200 Å². The Labute approximate surface area is 280 Å². The number of unbranched alkanes of at least 4 members (excludes halogenated alkanes) is 21. The molecule has 0 fully saturated rings. The molecule has 0 aliphatic carbocycles. The van der Waals surface area contributed by atoms with Gasteiger partial charge >= 0.3 is 17.9 Å². The van der Waals surface area contributed by atoms with E-state index in [1.54, 1.807) is 0 Å². The predicted molar refractivity (Wildman–Crippen MR) is 185 cm³/mol. The van der Waals surface area contributed by atoms with Gasteiger partial charge in [0, 0.05) is 6.61 Å². The van der Waals surface area contributed by atoms with Crippen LogP contribution in [0.1, 0.15) is 195 Å². The predicted octanol–water partition coefficient (Wildman–Crippen LogP) is 10.4. The van der Waals surface area contributed by atoms with Gasteiger partial charge in [-0.15, -0.1) is 0 Å². The zero-order chi connectivity index (χ0) is 34.7. The summed E-state index contributed by atoms with van der Waals surface area (Å²) in [5.41, 5.74) is -4.77. The highest BCUT2D eigenvalue weighted by molar-refractivity contribution is 6.06. The molecule has 0 spiro atoms. The molecule has 0 heterocycles. The van der Waals surface area contributed by atoms with Crippen LogP contribution in [0.4, 0.5) is 0 Å². The van der Waals surface area contributed by atoms with Gasteiger partial charge in [-0.05, 0) is 26.2 Å². The summed E-state index contributed by atoms with van der Waals surface area (Å²) in [5, 5.41) is 32.0. The molecular weight excluding hydrogens is 584 g/mol. The fraction of sp³-hybridized carbons (Fsp3) is 0.895. The molecule has 8 nitrogen and oxygen atoms in total. The Kier molecular flexibility index (Phi) is 25.9. The second kappa shape index (κ2) is 27.0. The lowest BCUT2D eigenvalue weighted by Crippen LogP contribution is -2.67. The van der Waals surface area contributed by atoms with Gasteiger partial charge in [0.25, 0.3) is 0 Å². The normalized spacial score (nSPS) is 13.7. The lowest BCUT2D eigenvalue weighted by molar-refractivity contribution is -0.219. The summed E-state index contributed by atoms with van der Waals surface area (Å²) in [5.74, 6) is -7.73. The Morgan fingerprint density at radius 3 is 1.11 bits per heavy atom. The van der Waals surface area contributed by atoms with Gasteiger partial charge in [-0.1, -0.05) is 168 Å². The zero-order valence-corrected chi connectivity index (χ0v) is 30.1. The van der Waals surface area contributed by atoms with Gasteiger partial charge in [0.05, 0.1) is 0 Å². The van der Waals surface area contributed by atoms with E-state index in [0.29, 0.717) is 32.1 Å². The maximum absolute atomic E-state index is 13.4. The van der Waals surface area contributed by atoms with Crippen molar-refractivity contribution in [3.8, 4) is 0 Å². The van der Waals surface area contributed by atoms with Crippen molar-refractivity contribution in [1.82, 2.24) is 0 Å². The van der Waals surface area contributed by atoms with Crippen LogP contribution >= 0.6 is 0 Å². The molecule has 270 valence electrons. The molecule has 0 aromatic heterocycles. The monoisotopic (exact) mass is 655 g/mol. The highest BCUT2D eigenvalue weighted by Gasteiger charge is 2.69. The summed E-state index contributed by atoms with van der Waals surface area (Å²) in [7, 11) is 0. The van der Waals surface area contributed by atoms with E-state index >= 15 is 0 Å². The molecular formula is C38H70O8. The number of carbonyl (C=O) groups is 4. The van der Waals surface area contributed by atoms with Crippen LogP contribution in [-0.4, -0.2) is 51.2 Å². The summed E-state index contributed by atoms with van der Waals surface area (Å²) in [6.07, 6.45) is 23.0. The number of hydrogen-bond donors (Lipinski definition) is 3. The molecule has 0 aromatic carbocycles. The van der Waals surface area contributed by atoms with Gasteiger partial charge in [-0.25, -0.2) is 4.79 Å². The van der Waals surface area contributed by atoms with Crippen LogP contribution in [0.25, 0.3) is 0 Å². The second-order valence-corrected chi connectivity index (χ2v) is 13.6. The largest absolute Gasteiger partial charge is 0.481 e. The first kappa shape index (κ1) is 44.0. The Balaban J connectivity index is 6.21. The molecule has 46 heavy (non-hydrogen) atoms. The average Bonchev–Trinajstić information content (AvgIpc) is 3.00. The van der Waals surface area contributed by atoms with Crippen molar-refractivity contribution < 1.29 is 39.2 Å². The summed E-state index contributed by atoms with van der Waals surface area (Å²) >= 11 is 0. The SMILES string of the molecule is CCCCCCCCCCOC(C(=O)O)(C(C(C)=O)C(=O)O)C(CCCCCCCCCC)(CCCCCCCCCC)C(=O)O. The van der Waals surface area contributed by atoms with Crippen LogP contribution < -0.4 is 0 Å². The number of ether oxygens (including phenoxy) is 1. The number of rotatable bonds is 34. The summed E-state index contributed by atoms with van der Waals surface area (Å²) in [6, 6.07) is 0. The molecule has 2 unspecified atom stereocenters. The van der Waals surface area contributed by atoms with Gasteiger partial charge in [-0.2, -0.15) is 0 Å². The standard InChI is InChI=1S/C38H70O8/c1-5-8-11-14-17-20-23-26-29-37(35(42)43,30-27-24-21-18-15-12-9-6-2)38(36(44)45,33(32(4)39)34(40)41)46-31-28-25-22-19-16-13-10-7-3/h33H,5-31H2,1-4H3,(H,40,41)(H,42,43)(H,44,45). The molecule has 2 atom stereocenters. The molecule has 3 N–H and O–H groups in total. The smallest absolute Gasteiger partial charge is 0.338 e. The van der Waals surface area contributed by atoms with E-state index in [1.807, 2.05) is 0 Å². The van der Waals surface area contributed by atoms with E-state index in [0.717, 1.165) is 103 Å². The number of aliphatic carboxylic acids is 3. The van der Waals surface area contributed by atoms with E-state index in [-0.39, 0.29) is 19.4 Å². The van der Waals surface area contributed by atoms with Crippen LogP contribution in [0.2, 0.25) is 0 Å². The third-order valence-electron chi connectivity index (χ3n) is 9.74. The molecule has 0 bridgehead atoms. The minimum atomic E-state index is -2.71. The van der Waals surface area contributed by atoms with Crippen LogP contribution in [0.5, 0.6) is 0 Å². The third kappa shape index (κ3) is 15.8. The first-order chi connectivity index (χ1) is 22.1. The van der Waals surface area contributed by atoms with E-state index < -0.39 is 40.6 Å². The maximum Gasteiger partial charge on any atom is 0.338 e.